The van der Waals surface area contributed by atoms with Gasteiger partial charge in [-0.1, -0.05) is 12.1 Å². The molecule has 1 aromatic carbocycles. The van der Waals surface area contributed by atoms with Gasteiger partial charge < -0.3 is 10.4 Å². The lowest BCUT2D eigenvalue weighted by molar-refractivity contribution is -0.140. The molecule has 5 nitrogen and oxygen atoms in total. The summed E-state index contributed by atoms with van der Waals surface area (Å²) < 4.78 is 62.9. The second-order valence-electron chi connectivity index (χ2n) is 5.11. The highest BCUT2D eigenvalue weighted by molar-refractivity contribution is 7.13. The normalized spacial score (nSPS) is 12.8. The van der Waals surface area contributed by atoms with Crippen molar-refractivity contribution in [1.82, 2.24) is 10.3 Å². The van der Waals surface area contributed by atoms with Gasteiger partial charge >= 0.3 is 12.1 Å². The van der Waals surface area contributed by atoms with Crippen molar-refractivity contribution in [2.24, 2.45) is 0 Å². The molecular formula is C15H11F5N2O3S. The quantitative estimate of drug-likeness (QED) is 0.733. The number of carboxylic acid groups (broad SMARTS) is 1. The smallest absolute Gasteiger partial charge is 0.416 e. The van der Waals surface area contributed by atoms with Gasteiger partial charge in [0.05, 0.1) is 5.56 Å². The lowest BCUT2D eigenvalue weighted by Gasteiger charge is -2.12. The summed E-state index contributed by atoms with van der Waals surface area (Å²) in [6.07, 6.45) is -8.56. The van der Waals surface area contributed by atoms with Gasteiger partial charge in [-0.25, -0.2) is 18.6 Å². The fourth-order valence-electron chi connectivity index (χ4n) is 1.97. The molecule has 1 atom stereocenters. The van der Waals surface area contributed by atoms with Crippen LogP contribution < -0.4 is 5.32 Å². The molecule has 0 aliphatic carbocycles. The number of hydrogen-bond donors (Lipinski definition) is 2. The van der Waals surface area contributed by atoms with Crippen LogP contribution in [-0.2, 0) is 11.0 Å². The number of hydrogen-bond acceptors (Lipinski definition) is 4. The number of carbonyl (C=O) groups excluding carboxylic acids is 1. The molecule has 1 unspecified atom stereocenters. The minimum Gasteiger partial charge on any atom is -0.480 e. The maximum atomic E-state index is 12.7. The van der Waals surface area contributed by atoms with Gasteiger partial charge in [-0.3, -0.25) is 4.79 Å². The lowest BCUT2D eigenvalue weighted by atomic mass is 10.1. The largest absolute Gasteiger partial charge is 0.480 e. The molecule has 0 bridgehead atoms. The highest BCUT2D eigenvalue weighted by atomic mass is 32.1. The predicted octanol–water partition coefficient (Wildman–Crippen LogP) is 3.67. The van der Waals surface area contributed by atoms with Crippen molar-refractivity contribution in [2.75, 3.05) is 0 Å². The summed E-state index contributed by atoms with van der Waals surface area (Å²) in [5.41, 5.74) is -1.05. The molecule has 1 heterocycles. The molecule has 2 N–H and O–H groups in total. The van der Waals surface area contributed by atoms with Crippen LogP contribution in [0.15, 0.2) is 29.6 Å². The number of halogens is 5. The van der Waals surface area contributed by atoms with E-state index < -0.39 is 42.5 Å². The van der Waals surface area contributed by atoms with Crippen LogP contribution in [0.3, 0.4) is 0 Å². The SMILES string of the molecule is O=C(NC(CC(F)F)C(=O)O)c1csc(-c2cccc(C(F)(F)F)c2)n1. The third-order valence-electron chi connectivity index (χ3n) is 3.19. The summed E-state index contributed by atoms with van der Waals surface area (Å²) in [5, 5.41) is 12.0. The standard InChI is InChI=1S/C15H11F5N2O3S/c16-11(17)5-9(14(24)25)21-12(23)10-6-26-13(22-10)7-2-1-3-8(4-7)15(18,19)20/h1-4,6,9,11H,5H2,(H,21,23)(H,24,25). The van der Waals surface area contributed by atoms with Crippen molar-refractivity contribution in [1.29, 1.82) is 0 Å². The number of alkyl halides is 5. The second-order valence-corrected chi connectivity index (χ2v) is 5.97. The maximum absolute atomic E-state index is 12.7. The topological polar surface area (TPSA) is 79.3 Å². The van der Waals surface area contributed by atoms with Crippen LogP contribution in [0.25, 0.3) is 10.6 Å². The first-order valence-corrected chi connectivity index (χ1v) is 7.91. The van der Waals surface area contributed by atoms with Crippen molar-refractivity contribution in [3.05, 3.63) is 40.9 Å². The maximum Gasteiger partial charge on any atom is 0.416 e. The number of nitrogens with zero attached hydrogens (tertiary/aromatic N) is 1. The third-order valence-corrected chi connectivity index (χ3v) is 4.08. The highest BCUT2D eigenvalue weighted by Crippen LogP contribution is 2.33. The average molecular weight is 394 g/mol. The molecule has 2 rings (SSSR count). The first-order chi connectivity index (χ1) is 12.1. The molecular weight excluding hydrogens is 383 g/mol. The van der Waals surface area contributed by atoms with Crippen LogP contribution in [0.1, 0.15) is 22.5 Å². The first-order valence-electron chi connectivity index (χ1n) is 7.03. The molecule has 0 aliphatic heterocycles. The zero-order chi connectivity index (χ0) is 19.5. The van der Waals surface area contributed by atoms with E-state index in [0.717, 1.165) is 23.5 Å². The number of amides is 1. The molecule has 26 heavy (non-hydrogen) atoms. The van der Waals surface area contributed by atoms with E-state index in [2.05, 4.69) is 4.98 Å². The lowest BCUT2D eigenvalue weighted by Crippen LogP contribution is -2.42. The van der Waals surface area contributed by atoms with Crippen molar-refractivity contribution in [3.63, 3.8) is 0 Å². The third kappa shape index (κ3) is 4.97. The first kappa shape index (κ1) is 19.8. The summed E-state index contributed by atoms with van der Waals surface area (Å²) in [6, 6.07) is 2.49. The van der Waals surface area contributed by atoms with Gasteiger partial charge in [-0.05, 0) is 12.1 Å². The minimum absolute atomic E-state index is 0.0991. The van der Waals surface area contributed by atoms with E-state index in [0.29, 0.717) is 0 Å². The summed E-state index contributed by atoms with van der Waals surface area (Å²) in [6.45, 7) is 0. The summed E-state index contributed by atoms with van der Waals surface area (Å²) in [5.74, 6) is -2.64. The molecule has 11 heteroatoms. The fourth-order valence-corrected chi connectivity index (χ4v) is 2.77. The van der Waals surface area contributed by atoms with Gasteiger partial charge in [0.15, 0.2) is 0 Å². The van der Waals surface area contributed by atoms with Crippen LogP contribution in [-0.4, -0.2) is 34.4 Å². The molecule has 0 spiro atoms. The molecule has 2 aromatic rings. The summed E-state index contributed by atoms with van der Waals surface area (Å²) in [7, 11) is 0. The number of carboxylic acids is 1. The van der Waals surface area contributed by atoms with Crippen molar-refractivity contribution in [3.8, 4) is 10.6 Å². The van der Waals surface area contributed by atoms with Gasteiger partial charge in [-0.2, -0.15) is 13.2 Å². The van der Waals surface area contributed by atoms with E-state index in [1.807, 2.05) is 5.32 Å². The number of rotatable bonds is 6. The Hall–Kier alpha value is -2.56. The van der Waals surface area contributed by atoms with Gasteiger partial charge in [0.2, 0.25) is 6.43 Å². The fraction of sp³-hybridized carbons (Fsp3) is 0.267. The Morgan fingerprint density at radius 3 is 2.54 bits per heavy atom. The summed E-state index contributed by atoms with van der Waals surface area (Å²) in [4.78, 5) is 26.7. The molecule has 0 saturated heterocycles. The van der Waals surface area contributed by atoms with Crippen LogP contribution >= 0.6 is 11.3 Å². The molecule has 1 aromatic heterocycles. The number of aromatic nitrogens is 1. The predicted molar refractivity (Wildman–Crippen MR) is 82.1 cm³/mol. The number of nitrogens with one attached hydrogen (secondary N) is 1. The van der Waals surface area contributed by atoms with Gasteiger partial charge in [0.1, 0.15) is 16.7 Å². The van der Waals surface area contributed by atoms with Crippen molar-refractivity contribution < 1.29 is 36.6 Å². The van der Waals surface area contributed by atoms with E-state index in [9.17, 15) is 31.5 Å². The van der Waals surface area contributed by atoms with Crippen molar-refractivity contribution in [2.45, 2.75) is 25.1 Å². The molecule has 0 fully saturated rings. The van der Waals surface area contributed by atoms with E-state index in [4.69, 9.17) is 5.11 Å². The highest BCUT2D eigenvalue weighted by Gasteiger charge is 2.31. The molecule has 140 valence electrons. The van der Waals surface area contributed by atoms with Crippen LogP contribution in [0.2, 0.25) is 0 Å². The Bertz CT molecular complexity index is 807. The van der Waals surface area contributed by atoms with Gasteiger partial charge in [0.25, 0.3) is 5.91 Å². The number of carbonyl (C=O) groups is 2. The Balaban J connectivity index is 2.19. The van der Waals surface area contributed by atoms with Crippen LogP contribution in [0, 0.1) is 0 Å². The molecule has 0 radical (unpaired) electrons. The Morgan fingerprint density at radius 2 is 1.96 bits per heavy atom. The number of aliphatic carboxylic acids is 1. The number of benzene rings is 1. The average Bonchev–Trinajstić information content (AvgIpc) is 3.03. The van der Waals surface area contributed by atoms with E-state index in [-0.39, 0.29) is 16.3 Å². The van der Waals surface area contributed by atoms with E-state index >= 15 is 0 Å². The van der Waals surface area contributed by atoms with Crippen LogP contribution in [0.5, 0.6) is 0 Å². The monoisotopic (exact) mass is 394 g/mol. The zero-order valence-corrected chi connectivity index (χ0v) is 13.6. The van der Waals surface area contributed by atoms with Gasteiger partial charge in [0, 0.05) is 17.4 Å². The van der Waals surface area contributed by atoms with Crippen LogP contribution in [0.4, 0.5) is 22.0 Å². The second kappa shape index (κ2) is 7.77. The Labute approximate surface area is 147 Å². The minimum atomic E-state index is -4.54. The van der Waals surface area contributed by atoms with Gasteiger partial charge in [-0.15, -0.1) is 11.3 Å². The zero-order valence-electron chi connectivity index (χ0n) is 12.8. The Morgan fingerprint density at radius 1 is 1.27 bits per heavy atom. The summed E-state index contributed by atoms with van der Waals surface area (Å²) >= 11 is 0.865. The van der Waals surface area contributed by atoms with Crippen molar-refractivity contribution >= 4 is 23.2 Å². The molecule has 1 amide bonds. The van der Waals surface area contributed by atoms with E-state index in [1.165, 1.54) is 17.5 Å². The Kier molecular flexibility index (Phi) is 5.90. The number of thiazole rings is 1. The molecule has 0 saturated carbocycles. The molecule has 0 aliphatic rings. The van der Waals surface area contributed by atoms with E-state index in [1.54, 1.807) is 0 Å².